The summed E-state index contributed by atoms with van der Waals surface area (Å²) in [5.74, 6) is -1.90. The Morgan fingerprint density at radius 3 is 2.16 bits per heavy atom. The summed E-state index contributed by atoms with van der Waals surface area (Å²) < 4.78 is 28.4. The van der Waals surface area contributed by atoms with Gasteiger partial charge in [-0.25, -0.2) is 0 Å². The molecule has 0 N–H and O–H groups in total. The Morgan fingerprint density at radius 1 is 0.875 bits per heavy atom. The Balaban J connectivity index is 0.00000289. The average molecular weight is 605 g/mol. The van der Waals surface area contributed by atoms with Gasteiger partial charge in [-0.2, -0.15) is 0 Å². The van der Waals surface area contributed by atoms with Crippen LogP contribution in [0.3, 0.4) is 0 Å². The van der Waals surface area contributed by atoms with E-state index >= 15 is 0 Å². The molecule has 0 aliphatic rings. The molecule has 6 heteroatoms. The Hall–Kier alpha value is -3.22. The zero-order valence-corrected chi connectivity index (χ0v) is 19.5. The Bertz CT molecular complexity index is 1300. The van der Waals surface area contributed by atoms with Gasteiger partial charge in [0.25, 0.3) is 0 Å². The van der Waals surface area contributed by atoms with E-state index < -0.39 is 22.7 Å². The van der Waals surface area contributed by atoms with E-state index in [1.54, 1.807) is 12.1 Å². The van der Waals surface area contributed by atoms with Crippen LogP contribution in [0.4, 0.5) is 14.5 Å². The van der Waals surface area contributed by atoms with E-state index in [9.17, 15) is 8.78 Å². The number of halogens is 2. The summed E-state index contributed by atoms with van der Waals surface area (Å²) in [5.41, 5.74) is 2.11. The fraction of sp³-hybridized carbons (Fsp3) is 0.115. The zero-order valence-electron chi connectivity index (χ0n) is 17.3. The number of benzene rings is 2. The van der Waals surface area contributed by atoms with E-state index in [0.29, 0.717) is 5.69 Å². The third kappa shape index (κ3) is 4.37. The predicted octanol–water partition coefficient (Wildman–Crippen LogP) is 6.56. The second-order valence-corrected chi connectivity index (χ2v) is 7.50. The van der Waals surface area contributed by atoms with Gasteiger partial charge in [0.2, 0.25) is 0 Å². The molecule has 0 aliphatic carbocycles. The first kappa shape index (κ1) is 23.4. The van der Waals surface area contributed by atoms with Crippen molar-refractivity contribution in [3.05, 3.63) is 113 Å². The van der Waals surface area contributed by atoms with Crippen molar-refractivity contribution in [2.45, 2.75) is 19.3 Å². The summed E-state index contributed by atoms with van der Waals surface area (Å²) in [7, 11) is 0. The Labute approximate surface area is 200 Å². The zero-order chi connectivity index (χ0) is 22.0. The fourth-order valence-electron chi connectivity index (χ4n) is 3.32. The maximum Gasteiger partial charge on any atom is 2.00 e. The molecule has 160 valence electrons. The largest absolute Gasteiger partial charge is 2.00 e. The van der Waals surface area contributed by atoms with Gasteiger partial charge in [0.05, 0.1) is 6.57 Å². The van der Waals surface area contributed by atoms with Crippen molar-refractivity contribution in [2.24, 2.45) is 0 Å². The van der Waals surface area contributed by atoms with Crippen LogP contribution in [0.2, 0.25) is 0 Å². The number of aromatic nitrogens is 2. The summed E-state index contributed by atoms with van der Waals surface area (Å²) >= 11 is 0. The van der Waals surface area contributed by atoms with Crippen molar-refractivity contribution in [1.82, 2.24) is 9.97 Å². The van der Waals surface area contributed by atoms with E-state index in [1.807, 2.05) is 62.4 Å². The van der Waals surface area contributed by atoms with Crippen LogP contribution < -0.4 is 0 Å². The molecule has 2 heterocycles. The van der Waals surface area contributed by atoms with Gasteiger partial charge >= 0.3 is 21.1 Å². The van der Waals surface area contributed by atoms with Crippen LogP contribution in [-0.4, -0.2) is 9.97 Å². The second-order valence-electron chi connectivity index (χ2n) is 7.50. The van der Waals surface area contributed by atoms with Crippen LogP contribution in [0.25, 0.3) is 27.4 Å². The van der Waals surface area contributed by atoms with Crippen LogP contribution in [-0.2, 0) is 26.5 Å². The smallest absolute Gasteiger partial charge is 0.300 e. The third-order valence-corrected chi connectivity index (χ3v) is 5.13. The predicted molar refractivity (Wildman–Crippen MR) is 115 cm³/mol. The second kappa shape index (κ2) is 9.51. The molecule has 3 nitrogen and oxygen atoms in total. The number of rotatable bonds is 4. The summed E-state index contributed by atoms with van der Waals surface area (Å²) in [4.78, 5) is 12.4. The molecule has 0 radical (unpaired) electrons. The van der Waals surface area contributed by atoms with Gasteiger partial charge in [0.1, 0.15) is 0 Å². The maximum atomic E-state index is 14.7. The molecule has 0 bridgehead atoms. The van der Waals surface area contributed by atoms with Gasteiger partial charge in [-0.3, -0.25) is 13.6 Å². The van der Waals surface area contributed by atoms with Gasteiger partial charge in [0, 0.05) is 28.4 Å². The topological polar surface area (TPSA) is 30.1 Å². The maximum absolute atomic E-state index is 14.7. The van der Waals surface area contributed by atoms with E-state index in [4.69, 9.17) is 11.6 Å². The van der Waals surface area contributed by atoms with Crippen molar-refractivity contribution in [1.29, 1.82) is 0 Å². The molecule has 2 aromatic carbocycles. The summed E-state index contributed by atoms with van der Waals surface area (Å²) in [6, 6.07) is 25.3. The first-order valence-corrected chi connectivity index (χ1v) is 9.61. The first-order valence-electron chi connectivity index (χ1n) is 9.61. The van der Waals surface area contributed by atoms with Gasteiger partial charge in [-0.15, -0.1) is 53.6 Å². The molecule has 0 saturated heterocycles. The third-order valence-electron chi connectivity index (χ3n) is 5.13. The van der Waals surface area contributed by atoms with Gasteiger partial charge in [-0.1, -0.05) is 24.3 Å². The number of nitrogens with zero attached hydrogens (tertiary/aromatic N) is 3. The molecular formula is C26H17F2N3Pt. The van der Waals surface area contributed by atoms with Crippen molar-refractivity contribution >= 4 is 5.69 Å². The van der Waals surface area contributed by atoms with E-state index in [0.717, 1.165) is 23.0 Å². The van der Waals surface area contributed by atoms with Crippen LogP contribution >= 0.6 is 0 Å². The van der Waals surface area contributed by atoms with Crippen LogP contribution in [0.15, 0.2) is 66.7 Å². The van der Waals surface area contributed by atoms with Crippen molar-refractivity contribution in [3.8, 4) is 22.5 Å². The molecule has 2 aromatic heterocycles. The van der Waals surface area contributed by atoms with Crippen molar-refractivity contribution < 1.29 is 29.8 Å². The van der Waals surface area contributed by atoms with Crippen LogP contribution in [0.5, 0.6) is 0 Å². The minimum atomic E-state index is -0.961. The summed E-state index contributed by atoms with van der Waals surface area (Å²) in [6.45, 7) is 11.0. The quantitative estimate of drug-likeness (QED) is 0.247. The van der Waals surface area contributed by atoms with E-state index in [-0.39, 0.29) is 32.3 Å². The normalized spacial score (nSPS) is 10.8. The molecule has 4 rings (SSSR count). The van der Waals surface area contributed by atoms with Gasteiger partial charge in [-0.05, 0) is 37.4 Å². The molecule has 0 spiro atoms. The molecular weight excluding hydrogens is 587 g/mol. The fourth-order valence-corrected chi connectivity index (χ4v) is 3.32. The SMILES string of the molecule is [C-]#[N+]c1c(F)c[c-]c(-c2cccc(C(C)(C)c3cccc(-c4[c-]cccc4)n3)n2)c1F.[Pt+2]. The molecule has 32 heavy (non-hydrogen) atoms. The molecule has 0 amide bonds. The van der Waals surface area contributed by atoms with Crippen LogP contribution in [0.1, 0.15) is 25.2 Å². The summed E-state index contributed by atoms with van der Waals surface area (Å²) in [5, 5.41) is 0. The molecule has 0 fully saturated rings. The number of pyridine rings is 2. The number of hydrogen-bond donors (Lipinski definition) is 0. The van der Waals surface area contributed by atoms with Gasteiger partial charge < -0.3 is 9.97 Å². The molecule has 0 saturated carbocycles. The first-order chi connectivity index (χ1) is 14.9. The minimum absolute atomic E-state index is 0. The van der Waals surface area contributed by atoms with E-state index in [1.165, 1.54) is 0 Å². The van der Waals surface area contributed by atoms with Crippen LogP contribution in [0, 0.1) is 30.3 Å². The monoisotopic (exact) mass is 604 g/mol. The molecule has 0 unspecified atom stereocenters. The van der Waals surface area contributed by atoms with Crippen molar-refractivity contribution in [3.63, 3.8) is 0 Å². The Kier molecular flexibility index (Phi) is 6.96. The molecule has 0 atom stereocenters. The molecule has 4 aromatic rings. The summed E-state index contributed by atoms with van der Waals surface area (Å²) in [6.07, 6.45) is 0. The average Bonchev–Trinajstić information content (AvgIpc) is 2.80. The van der Waals surface area contributed by atoms with Gasteiger partial charge in [0.15, 0.2) is 5.69 Å². The van der Waals surface area contributed by atoms with E-state index in [2.05, 4.69) is 22.0 Å². The minimum Gasteiger partial charge on any atom is -0.300 e. The number of hydrogen-bond acceptors (Lipinski definition) is 2. The standard InChI is InChI=1S/C26H17F2N3.Pt/c1-26(2,22-13-7-11-20(30-22)17-9-5-4-6-10-17)23-14-8-12-21(31-23)18-15-16-19(27)25(29-3)24(18)28;/h4-9,11-14,16H,1-2H3;/q-2;+2. The van der Waals surface area contributed by atoms with Crippen molar-refractivity contribution in [2.75, 3.05) is 0 Å². The Morgan fingerprint density at radius 2 is 1.53 bits per heavy atom. The molecule has 0 aliphatic heterocycles.